The highest BCUT2D eigenvalue weighted by molar-refractivity contribution is 6.25. The van der Waals surface area contributed by atoms with Gasteiger partial charge in [-0.05, 0) is 29.7 Å². The molecule has 1 aromatic carbocycles. The second-order valence-electron chi connectivity index (χ2n) is 5.30. The molecule has 0 bridgehead atoms. The van der Waals surface area contributed by atoms with Crippen LogP contribution in [0, 0.1) is 17.3 Å². The molecule has 4 nitrogen and oxygen atoms in total. The van der Waals surface area contributed by atoms with Gasteiger partial charge < -0.3 is 5.11 Å². The quantitative estimate of drug-likeness (QED) is 0.746. The minimum absolute atomic E-state index is 0.115. The van der Waals surface area contributed by atoms with Crippen molar-refractivity contribution in [1.82, 2.24) is 0 Å². The lowest BCUT2D eigenvalue weighted by Crippen LogP contribution is -2.36. The molecule has 0 radical (unpaired) electrons. The van der Waals surface area contributed by atoms with Crippen LogP contribution in [0.15, 0.2) is 24.3 Å². The topological polar surface area (TPSA) is 57.6 Å². The molecule has 1 N–H and O–H groups in total. The second-order valence-corrected chi connectivity index (χ2v) is 5.30. The fourth-order valence-electron chi connectivity index (χ4n) is 2.80. The summed E-state index contributed by atoms with van der Waals surface area (Å²) in [5.41, 5.74) is 0.363. The van der Waals surface area contributed by atoms with Crippen LogP contribution in [-0.2, 0) is 9.59 Å². The van der Waals surface area contributed by atoms with Crippen LogP contribution in [-0.4, -0.2) is 16.9 Å². The number of rotatable bonds is 1. The molecular weight excluding hydrogens is 218 g/mol. The van der Waals surface area contributed by atoms with E-state index in [1.165, 1.54) is 17.0 Å². The van der Waals surface area contributed by atoms with Gasteiger partial charge in [0.25, 0.3) is 0 Å². The van der Waals surface area contributed by atoms with Crippen LogP contribution in [0.3, 0.4) is 0 Å². The van der Waals surface area contributed by atoms with Gasteiger partial charge in [0.1, 0.15) is 5.75 Å². The third-order valence-corrected chi connectivity index (χ3v) is 3.91. The molecule has 1 heterocycles. The molecule has 1 aromatic rings. The van der Waals surface area contributed by atoms with Crippen molar-refractivity contribution in [3.05, 3.63) is 24.3 Å². The fourth-order valence-corrected chi connectivity index (χ4v) is 2.80. The van der Waals surface area contributed by atoms with Crippen LogP contribution < -0.4 is 4.90 Å². The Balaban J connectivity index is 1.95. The minimum Gasteiger partial charge on any atom is -0.508 e. The van der Waals surface area contributed by atoms with Crippen LogP contribution in [0.2, 0.25) is 0 Å². The fraction of sp³-hybridized carbons (Fsp3) is 0.385. The summed E-state index contributed by atoms with van der Waals surface area (Å²) >= 11 is 0. The number of nitrogens with zero attached hydrogens (tertiary/aromatic N) is 1. The number of amides is 2. The summed E-state index contributed by atoms with van der Waals surface area (Å²) < 4.78 is 0. The Bertz CT molecular complexity index is 494. The molecule has 1 aliphatic heterocycles. The standard InChI is InChI=1S/C13H13NO3/c1-13(2)9-10(13)12(17)14(11(9)16)7-3-5-8(15)6-4-7/h3-6,9-10,15H,1-2H3/t9-,10+. The first-order valence-corrected chi connectivity index (χ1v) is 5.61. The van der Waals surface area contributed by atoms with E-state index in [2.05, 4.69) is 0 Å². The van der Waals surface area contributed by atoms with Crippen molar-refractivity contribution in [2.24, 2.45) is 17.3 Å². The highest BCUT2D eigenvalue weighted by atomic mass is 16.3. The average molecular weight is 231 g/mol. The van der Waals surface area contributed by atoms with E-state index in [0.29, 0.717) is 5.69 Å². The number of phenolic OH excluding ortho intramolecular Hbond substituents is 1. The van der Waals surface area contributed by atoms with Gasteiger partial charge in [-0.3, -0.25) is 14.5 Å². The van der Waals surface area contributed by atoms with Crippen molar-refractivity contribution in [2.45, 2.75) is 13.8 Å². The van der Waals surface area contributed by atoms with Crippen molar-refractivity contribution < 1.29 is 14.7 Å². The van der Waals surface area contributed by atoms with E-state index in [4.69, 9.17) is 0 Å². The lowest BCUT2D eigenvalue weighted by molar-refractivity contribution is -0.125. The largest absolute Gasteiger partial charge is 0.508 e. The number of carbonyl (C=O) groups excluding carboxylic acids is 2. The summed E-state index contributed by atoms with van der Waals surface area (Å²) in [7, 11) is 0. The number of fused-ring (bicyclic) bond motifs is 1. The number of carbonyl (C=O) groups is 2. The first-order valence-electron chi connectivity index (χ1n) is 5.61. The summed E-state index contributed by atoms with van der Waals surface area (Å²) in [6.45, 7) is 3.90. The number of aromatic hydroxyl groups is 1. The molecule has 0 unspecified atom stereocenters. The molecule has 1 saturated carbocycles. The normalized spacial score (nSPS) is 29.4. The Kier molecular flexibility index (Phi) is 1.75. The van der Waals surface area contributed by atoms with Gasteiger partial charge in [-0.25, -0.2) is 0 Å². The van der Waals surface area contributed by atoms with Crippen molar-refractivity contribution in [1.29, 1.82) is 0 Å². The molecule has 3 rings (SSSR count). The Morgan fingerprint density at radius 3 is 2.00 bits per heavy atom. The molecule has 2 atom stereocenters. The van der Waals surface area contributed by atoms with Gasteiger partial charge in [-0.1, -0.05) is 13.8 Å². The first kappa shape index (κ1) is 10.3. The van der Waals surface area contributed by atoms with Crippen LogP contribution in [0.25, 0.3) is 0 Å². The van der Waals surface area contributed by atoms with Gasteiger partial charge in [0.15, 0.2) is 0 Å². The molecule has 2 aliphatic rings. The van der Waals surface area contributed by atoms with Crippen molar-refractivity contribution >= 4 is 17.5 Å². The smallest absolute Gasteiger partial charge is 0.238 e. The summed E-state index contributed by atoms with van der Waals surface area (Å²) in [6, 6.07) is 6.13. The molecule has 1 aliphatic carbocycles. The summed E-state index contributed by atoms with van der Waals surface area (Å²) in [5.74, 6) is -0.433. The molecule has 2 fully saturated rings. The second kappa shape index (κ2) is 2.88. The molecule has 0 spiro atoms. The number of hydrogen-bond donors (Lipinski definition) is 1. The maximum Gasteiger partial charge on any atom is 0.238 e. The highest BCUT2D eigenvalue weighted by Crippen LogP contribution is 2.63. The summed E-state index contributed by atoms with van der Waals surface area (Å²) in [4.78, 5) is 25.4. The SMILES string of the molecule is CC1(C)[C@@H]2C(=O)N(c3ccc(O)cc3)C(=O)[C@@H]21. The number of hydrogen-bond acceptors (Lipinski definition) is 3. The zero-order valence-corrected chi connectivity index (χ0v) is 9.68. The molecule has 17 heavy (non-hydrogen) atoms. The van der Waals surface area contributed by atoms with E-state index in [-0.39, 0.29) is 34.8 Å². The third-order valence-electron chi connectivity index (χ3n) is 3.91. The molecule has 1 saturated heterocycles. The van der Waals surface area contributed by atoms with Crippen LogP contribution in [0.1, 0.15) is 13.8 Å². The van der Waals surface area contributed by atoms with Crippen LogP contribution >= 0.6 is 0 Å². The van der Waals surface area contributed by atoms with Gasteiger partial charge in [-0.2, -0.15) is 0 Å². The minimum atomic E-state index is -0.179. The zero-order valence-electron chi connectivity index (χ0n) is 9.68. The lowest BCUT2D eigenvalue weighted by Gasteiger charge is -2.20. The van der Waals surface area contributed by atoms with E-state index < -0.39 is 0 Å². The van der Waals surface area contributed by atoms with Gasteiger partial charge in [0, 0.05) is 0 Å². The number of imide groups is 1. The van der Waals surface area contributed by atoms with E-state index >= 15 is 0 Å². The molecular formula is C13H13NO3. The van der Waals surface area contributed by atoms with Gasteiger partial charge in [-0.15, -0.1) is 0 Å². The highest BCUT2D eigenvalue weighted by Gasteiger charge is 2.72. The lowest BCUT2D eigenvalue weighted by atomic mass is 10.1. The monoisotopic (exact) mass is 231 g/mol. The van der Waals surface area contributed by atoms with Crippen molar-refractivity contribution in [3.8, 4) is 5.75 Å². The number of benzene rings is 1. The number of phenols is 1. The Morgan fingerprint density at radius 1 is 1.06 bits per heavy atom. The van der Waals surface area contributed by atoms with E-state index in [9.17, 15) is 14.7 Å². The number of anilines is 1. The van der Waals surface area contributed by atoms with E-state index in [1.807, 2.05) is 13.8 Å². The van der Waals surface area contributed by atoms with Crippen molar-refractivity contribution in [3.63, 3.8) is 0 Å². The molecule has 88 valence electrons. The van der Waals surface area contributed by atoms with Gasteiger partial charge in [0.2, 0.25) is 11.8 Å². The maximum atomic E-state index is 12.1. The van der Waals surface area contributed by atoms with E-state index in [1.54, 1.807) is 12.1 Å². The van der Waals surface area contributed by atoms with Crippen LogP contribution in [0.5, 0.6) is 5.75 Å². The average Bonchev–Trinajstić information content (AvgIpc) is 2.72. The van der Waals surface area contributed by atoms with Gasteiger partial charge >= 0.3 is 0 Å². The van der Waals surface area contributed by atoms with Gasteiger partial charge in [0.05, 0.1) is 17.5 Å². The maximum absolute atomic E-state index is 12.1. The summed E-state index contributed by atoms with van der Waals surface area (Å²) in [5, 5.41) is 9.19. The third kappa shape index (κ3) is 1.18. The zero-order chi connectivity index (χ0) is 12.4. The molecule has 2 amide bonds. The number of piperidine rings is 1. The Labute approximate surface area is 98.9 Å². The van der Waals surface area contributed by atoms with Crippen molar-refractivity contribution in [2.75, 3.05) is 4.90 Å². The molecule has 4 heteroatoms. The predicted octanol–water partition coefficient (Wildman–Crippen LogP) is 1.54. The predicted molar refractivity (Wildman–Crippen MR) is 61.4 cm³/mol. The Hall–Kier alpha value is -1.84. The summed E-state index contributed by atoms with van der Waals surface area (Å²) in [6.07, 6.45) is 0. The van der Waals surface area contributed by atoms with E-state index in [0.717, 1.165) is 0 Å². The first-order chi connectivity index (χ1) is 7.94. The molecule has 0 aromatic heterocycles. The van der Waals surface area contributed by atoms with Crippen LogP contribution in [0.4, 0.5) is 5.69 Å². The Morgan fingerprint density at radius 2 is 1.53 bits per heavy atom.